The zero-order valence-electron chi connectivity index (χ0n) is 7.63. The molecule has 0 spiro atoms. The van der Waals surface area contributed by atoms with E-state index >= 15 is 0 Å². The third kappa shape index (κ3) is 8.77. The summed E-state index contributed by atoms with van der Waals surface area (Å²) in [6, 6.07) is 0. The van der Waals surface area contributed by atoms with Gasteiger partial charge in [-0.3, -0.25) is 14.9 Å². The zero-order valence-corrected chi connectivity index (χ0v) is 7.63. The molecule has 76 valence electrons. The maximum Gasteiger partial charge on any atom is 0.234 e. The van der Waals surface area contributed by atoms with Gasteiger partial charge in [0.1, 0.15) is 0 Å². The summed E-state index contributed by atoms with van der Waals surface area (Å²) in [5.41, 5.74) is 4.85. The molecule has 0 unspecified atom stereocenters. The van der Waals surface area contributed by atoms with Crippen LogP contribution in [0.1, 0.15) is 0 Å². The van der Waals surface area contributed by atoms with E-state index in [1.165, 1.54) is 0 Å². The predicted octanol–water partition coefficient (Wildman–Crippen LogP) is -2.18. The molecule has 0 aliphatic carbocycles. The van der Waals surface area contributed by atoms with Gasteiger partial charge < -0.3 is 15.8 Å². The second-order valence-corrected chi connectivity index (χ2v) is 2.41. The third-order valence-electron chi connectivity index (χ3n) is 1.21. The molecule has 0 aromatic carbocycles. The summed E-state index contributed by atoms with van der Waals surface area (Å²) < 4.78 is 4.73. The van der Waals surface area contributed by atoms with Crippen LogP contribution < -0.4 is 16.4 Å². The average Bonchev–Trinajstić information content (AvgIpc) is 2.04. The molecule has 0 aliphatic heterocycles. The monoisotopic (exact) mass is 189 g/mol. The number of carbonyl (C=O) groups is 2. The molecule has 6 nitrogen and oxygen atoms in total. The third-order valence-corrected chi connectivity index (χ3v) is 1.21. The first-order valence-corrected chi connectivity index (χ1v) is 3.91. The molecule has 4 N–H and O–H groups in total. The van der Waals surface area contributed by atoms with Crippen LogP contribution in [0.3, 0.4) is 0 Å². The molecule has 0 aromatic heterocycles. The molecular weight excluding hydrogens is 174 g/mol. The number of carbonyl (C=O) groups excluding carboxylic acids is 2. The van der Waals surface area contributed by atoms with Crippen LogP contribution in [0.5, 0.6) is 0 Å². The van der Waals surface area contributed by atoms with Crippen LogP contribution in [0, 0.1) is 0 Å². The van der Waals surface area contributed by atoms with Crippen molar-refractivity contribution in [3.05, 3.63) is 0 Å². The van der Waals surface area contributed by atoms with Crippen molar-refractivity contribution >= 4 is 11.8 Å². The number of hydrogen-bond donors (Lipinski definition) is 3. The first-order valence-electron chi connectivity index (χ1n) is 3.91. The summed E-state index contributed by atoms with van der Waals surface area (Å²) in [6.07, 6.45) is 0. The highest BCUT2D eigenvalue weighted by atomic mass is 16.5. The van der Waals surface area contributed by atoms with Crippen LogP contribution in [0.15, 0.2) is 0 Å². The maximum absolute atomic E-state index is 10.9. The van der Waals surface area contributed by atoms with Crippen molar-refractivity contribution in [1.29, 1.82) is 0 Å². The summed E-state index contributed by atoms with van der Waals surface area (Å²) in [5.74, 6) is -0.664. The number of nitrogens with two attached hydrogens (primary N) is 1. The van der Waals surface area contributed by atoms with E-state index in [1.54, 1.807) is 7.11 Å². The standard InChI is InChI=1S/C7H15N3O3/c1-13-3-2-10-7(12)5-9-4-6(8)11/h9H,2-5H2,1H3,(H2,8,11)(H,10,12). The summed E-state index contributed by atoms with van der Waals surface area (Å²) in [4.78, 5) is 21.2. The first kappa shape index (κ1) is 11.9. The minimum Gasteiger partial charge on any atom is -0.383 e. The van der Waals surface area contributed by atoms with E-state index in [9.17, 15) is 9.59 Å². The summed E-state index contributed by atoms with van der Waals surface area (Å²) in [7, 11) is 1.55. The fourth-order valence-electron chi connectivity index (χ4n) is 0.654. The lowest BCUT2D eigenvalue weighted by atomic mass is 10.5. The van der Waals surface area contributed by atoms with Gasteiger partial charge in [0.25, 0.3) is 0 Å². The molecule has 0 bridgehead atoms. The van der Waals surface area contributed by atoms with Gasteiger partial charge in [-0.05, 0) is 0 Å². The number of amides is 2. The first-order chi connectivity index (χ1) is 6.16. The second kappa shape index (κ2) is 7.51. The van der Waals surface area contributed by atoms with Crippen LogP contribution in [0.4, 0.5) is 0 Å². The molecule has 0 aliphatic rings. The Hall–Kier alpha value is -1.14. The SMILES string of the molecule is COCCNC(=O)CNCC(N)=O. The van der Waals surface area contributed by atoms with E-state index in [0.717, 1.165) is 0 Å². The molecule has 0 rings (SSSR count). The van der Waals surface area contributed by atoms with E-state index < -0.39 is 5.91 Å². The Morgan fingerprint density at radius 2 is 2.08 bits per heavy atom. The van der Waals surface area contributed by atoms with Gasteiger partial charge in [0.2, 0.25) is 11.8 Å². The number of nitrogens with one attached hydrogen (secondary N) is 2. The quantitative estimate of drug-likeness (QED) is 0.397. The highest BCUT2D eigenvalue weighted by Crippen LogP contribution is 1.67. The zero-order chi connectivity index (χ0) is 10.1. The maximum atomic E-state index is 10.9. The van der Waals surface area contributed by atoms with E-state index in [2.05, 4.69) is 10.6 Å². The number of primary amides is 1. The Morgan fingerprint density at radius 1 is 1.38 bits per heavy atom. The van der Waals surface area contributed by atoms with E-state index in [4.69, 9.17) is 10.5 Å². The fraction of sp³-hybridized carbons (Fsp3) is 0.714. The van der Waals surface area contributed by atoms with Crippen LogP contribution in [-0.4, -0.2) is 45.2 Å². The van der Waals surface area contributed by atoms with Crippen LogP contribution in [0.2, 0.25) is 0 Å². The largest absolute Gasteiger partial charge is 0.383 e. The lowest BCUT2D eigenvalue weighted by Crippen LogP contribution is -2.38. The van der Waals surface area contributed by atoms with Crippen molar-refractivity contribution in [2.75, 3.05) is 33.4 Å². The Balaban J connectivity index is 3.25. The number of rotatable bonds is 7. The Labute approximate surface area is 76.8 Å². The number of ether oxygens (including phenoxy) is 1. The van der Waals surface area contributed by atoms with Crippen molar-refractivity contribution in [1.82, 2.24) is 10.6 Å². The van der Waals surface area contributed by atoms with Gasteiger partial charge in [-0.2, -0.15) is 0 Å². The number of hydrogen-bond acceptors (Lipinski definition) is 4. The minimum absolute atomic E-state index is 0.0116. The summed E-state index contributed by atoms with van der Waals surface area (Å²) >= 11 is 0. The molecule has 13 heavy (non-hydrogen) atoms. The van der Waals surface area contributed by atoms with Crippen molar-refractivity contribution in [2.45, 2.75) is 0 Å². The van der Waals surface area contributed by atoms with Gasteiger partial charge in [-0.1, -0.05) is 0 Å². The molecule has 0 saturated carbocycles. The molecule has 0 heterocycles. The summed E-state index contributed by atoms with van der Waals surface area (Å²) in [6.45, 7) is 1.04. The molecular formula is C7H15N3O3. The second-order valence-electron chi connectivity index (χ2n) is 2.41. The van der Waals surface area contributed by atoms with Gasteiger partial charge in [0.05, 0.1) is 19.7 Å². The molecule has 0 atom stereocenters. The highest BCUT2D eigenvalue weighted by Gasteiger charge is 1.99. The van der Waals surface area contributed by atoms with Gasteiger partial charge in [0, 0.05) is 13.7 Å². The highest BCUT2D eigenvalue weighted by molar-refractivity contribution is 5.80. The Kier molecular flexibility index (Phi) is 6.85. The van der Waals surface area contributed by atoms with E-state index in [0.29, 0.717) is 13.2 Å². The van der Waals surface area contributed by atoms with E-state index in [-0.39, 0.29) is 19.0 Å². The van der Waals surface area contributed by atoms with Gasteiger partial charge >= 0.3 is 0 Å². The molecule has 0 fully saturated rings. The van der Waals surface area contributed by atoms with E-state index in [1.807, 2.05) is 0 Å². The Morgan fingerprint density at radius 3 is 2.62 bits per heavy atom. The normalized spacial score (nSPS) is 9.62. The minimum atomic E-state index is -0.482. The van der Waals surface area contributed by atoms with Crippen LogP contribution >= 0.6 is 0 Å². The van der Waals surface area contributed by atoms with Crippen LogP contribution in [-0.2, 0) is 14.3 Å². The molecule has 6 heteroatoms. The fourth-order valence-corrected chi connectivity index (χ4v) is 0.654. The Bertz CT molecular complexity index is 172. The smallest absolute Gasteiger partial charge is 0.234 e. The lowest BCUT2D eigenvalue weighted by Gasteiger charge is -2.04. The lowest BCUT2D eigenvalue weighted by molar-refractivity contribution is -0.120. The average molecular weight is 189 g/mol. The van der Waals surface area contributed by atoms with Gasteiger partial charge in [-0.25, -0.2) is 0 Å². The topological polar surface area (TPSA) is 93.4 Å². The predicted molar refractivity (Wildman–Crippen MR) is 46.9 cm³/mol. The van der Waals surface area contributed by atoms with Crippen molar-refractivity contribution < 1.29 is 14.3 Å². The summed E-state index contributed by atoms with van der Waals surface area (Å²) in [5, 5.41) is 5.16. The van der Waals surface area contributed by atoms with Gasteiger partial charge in [0.15, 0.2) is 0 Å². The van der Waals surface area contributed by atoms with Crippen LogP contribution in [0.25, 0.3) is 0 Å². The molecule has 0 aromatic rings. The molecule has 2 amide bonds. The van der Waals surface area contributed by atoms with Crippen molar-refractivity contribution in [3.63, 3.8) is 0 Å². The molecule has 0 saturated heterocycles. The van der Waals surface area contributed by atoms with Crippen molar-refractivity contribution in [3.8, 4) is 0 Å². The van der Waals surface area contributed by atoms with Gasteiger partial charge in [-0.15, -0.1) is 0 Å². The van der Waals surface area contributed by atoms with Crippen molar-refractivity contribution in [2.24, 2.45) is 5.73 Å². The molecule has 0 radical (unpaired) electrons. The number of methoxy groups -OCH3 is 1.